The predicted molar refractivity (Wildman–Crippen MR) is 113 cm³/mol. The molecule has 0 spiro atoms. The quantitative estimate of drug-likeness (QED) is 0.613. The normalized spacial score (nSPS) is 11.8. The number of aryl methyl sites for hydroxylation is 1. The molecular formula is C24H26N2O. The first-order chi connectivity index (χ1) is 13.0. The predicted octanol–water partition coefficient (Wildman–Crippen LogP) is 5.47. The average Bonchev–Trinajstić information content (AvgIpc) is 2.66. The van der Waals surface area contributed by atoms with Crippen molar-refractivity contribution in [2.45, 2.75) is 33.4 Å². The van der Waals surface area contributed by atoms with E-state index in [0.717, 1.165) is 23.4 Å². The van der Waals surface area contributed by atoms with Gasteiger partial charge in [-0.05, 0) is 54.3 Å². The van der Waals surface area contributed by atoms with Crippen molar-refractivity contribution in [1.82, 2.24) is 5.32 Å². The highest BCUT2D eigenvalue weighted by Crippen LogP contribution is 2.24. The van der Waals surface area contributed by atoms with Crippen molar-refractivity contribution in [2.24, 2.45) is 0 Å². The molecule has 0 aliphatic heterocycles. The Labute approximate surface area is 161 Å². The molecule has 0 fully saturated rings. The second-order valence-electron chi connectivity index (χ2n) is 6.98. The van der Waals surface area contributed by atoms with Gasteiger partial charge in [-0.3, -0.25) is 4.79 Å². The molecule has 3 rings (SSSR count). The van der Waals surface area contributed by atoms with Gasteiger partial charge < -0.3 is 10.6 Å². The number of hydrogen-bond donors (Lipinski definition) is 2. The first-order valence-corrected chi connectivity index (χ1v) is 9.28. The van der Waals surface area contributed by atoms with E-state index in [4.69, 9.17) is 0 Å². The number of amides is 1. The third kappa shape index (κ3) is 5.28. The fourth-order valence-corrected chi connectivity index (χ4v) is 3.08. The number of carbonyl (C=O) groups is 1. The number of benzene rings is 3. The van der Waals surface area contributed by atoms with Crippen LogP contribution in [0.2, 0.25) is 0 Å². The molecule has 1 atom stereocenters. The minimum Gasteiger partial charge on any atom is -0.326 e. The van der Waals surface area contributed by atoms with Gasteiger partial charge in [-0.1, -0.05) is 60.2 Å². The van der Waals surface area contributed by atoms with E-state index in [1.807, 2.05) is 18.2 Å². The van der Waals surface area contributed by atoms with Crippen LogP contribution in [-0.2, 0) is 11.3 Å². The lowest BCUT2D eigenvalue weighted by atomic mass is 10.0. The van der Waals surface area contributed by atoms with Gasteiger partial charge in [-0.15, -0.1) is 0 Å². The largest absolute Gasteiger partial charge is 0.326 e. The fourth-order valence-electron chi connectivity index (χ4n) is 3.08. The van der Waals surface area contributed by atoms with Crippen molar-refractivity contribution in [3.63, 3.8) is 0 Å². The Bertz CT molecular complexity index is 916. The Hall–Kier alpha value is -2.91. The van der Waals surface area contributed by atoms with E-state index in [-0.39, 0.29) is 11.9 Å². The van der Waals surface area contributed by atoms with Gasteiger partial charge in [0.2, 0.25) is 5.91 Å². The third-order valence-corrected chi connectivity index (χ3v) is 4.63. The molecule has 0 unspecified atom stereocenters. The summed E-state index contributed by atoms with van der Waals surface area (Å²) in [4.78, 5) is 11.3. The summed E-state index contributed by atoms with van der Waals surface area (Å²) in [5, 5.41) is 6.43. The SMILES string of the molecule is CC(=O)Nc1cccc(-c2cccc(CN[C@H](C)c3ccc(C)cc3)c2)c1. The monoisotopic (exact) mass is 358 g/mol. The highest BCUT2D eigenvalue weighted by molar-refractivity contribution is 5.89. The summed E-state index contributed by atoms with van der Waals surface area (Å²) in [5.74, 6) is -0.0600. The maximum atomic E-state index is 11.3. The molecule has 0 aliphatic carbocycles. The lowest BCUT2D eigenvalue weighted by Crippen LogP contribution is -2.18. The molecule has 0 aliphatic rings. The summed E-state index contributed by atoms with van der Waals surface area (Å²) in [7, 11) is 0. The van der Waals surface area contributed by atoms with Gasteiger partial charge in [0.1, 0.15) is 0 Å². The molecule has 3 aromatic carbocycles. The molecule has 3 nitrogen and oxygen atoms in total. The van der Waals surface area contributed by atoms with Crippen LogP contribution in [0.4, 0.5) is 5.69 Å². The molecule has 0 radical (unpaired) electrons. The van der Waals surface area contributed by atoms with Crippen molar-refractivity contribution in [2.75, 3.05) is 5.32 Å². The van der Waals surface area contributed by atoms with Crippen LogP contribution in [0, 0.1) is 6.92 Å². The van der Waals surface area contributed by atoms with Gasteiger partial charge in [0.25, 0.3) is 0 Å². The minimum absolute atomic E-state index is 0.0600. The lowest BCUT2D eigenvalue weighted by Gasteiger charge is -2.15. The standard InChI is InChI=1S/C24H26N2O/c1-17-10-12-21(13-11-17)18(2)25-16-20-6-4-7-22(14-20)23-8-5-9-24(15-23)26-19(3)27/h4-15,18,25H,16H2,1-3H3,(H,26,27)/t18-/m1/s1. The molecular weight excluding hydrogens is 332 g/mol. The van der Waals surface area contributed by atoms with E-state index in [1.165, 1.54) is 23.6 Å². The molecule has 0 saturated carbocycles. The summed E-state index contributed by atoms with van der Waals surface area (Å²) < 4.78 is 0. The smallest absolute Gasteiger partial charge is 0.221 e. The van der Waals surface area contributed by atoms with Crippen LogP contribution in [0.3, 0.4) is 0 Å². The first kappa shape index (κ1) is 18.9. The van der Waals surface area contributed by atoms with Crippen LogP contribution in [0.1, 0.15) is 36.6 Å². The summed E-state index contributed by atoms with van der Waals surface area (Å²) in [6.45, 7) is 6.61. The van der Waals surface area contributed by atoms with Crippen molar-refractivity contribution >= 4 is 11.6 Å². The topological polar surface area (TPSA) is 41.1 Å². The third-order valence-electron chi connectivity index (χ3n) is 4.63. The molecule has 1 amide bonds. The molecule has 0 bridgehead atoms. The highest BCUT2D eigenvalue weighted by Gasteiger charge is 2.06. The van der Waals surface area contributed by atoms with E-state index in [1.54, 1.807) is 0 Å². The second-order valence-corrected chi connectivity index (χ2v) is 6.98. The van der Waals surface area contributed by atoms with Gasteiger partial charge in [0.15, 0.2) is 0 Å². The first-order valence-electron chi connectivity index (χ1n) is 9.28. The molecule has 0 aromatic heterocycles. The molecule has 3 heteroatoms. The van der Waals surface area contributed by atoms with Crippen molar-refractivity contribution in [3.05, 3.63) is 89.5 Å². The van der Waals surface area contributed by atoms with Crippen LogP contribution in [0.15, 0.2) is 72.8 Å². The summed E-state index contributed by atoms with van der Waals surface area (Å²) in [5.41, 5.74) is 6.85. The van der Waals surface area contributed by atoms with Gasteiger partial charge in [-0.2, -0.15) is 0 Å². The maximum Gasteiger partial charge on any atom is 0.221 e. The van der Waals surface area contributed by atoms with Crippen LogP contribution < -0.4 is 10.6 Å². The van der Waals surface area contributed by atoms with E-state index >= 15 is 0 Å². The van der Waals surface area contributed by atoms with Crippen LogP contribution >= 0.6 is 0 Å². The molecule has 0 heterocycles. The van der Waals surface area contributed by atoms with Crippen LogP contribution in [0.25, 0.3) is 11.1 Å². The number of nitrogens with one attached hydrogen (secondary N) is 2. The van der Waals surface area contributed by atoms with Crippen LogP contribution in [0.5, 0.6) is 0 Å². The molecule has 138 valence electrons. The lowest BCUT2D eigenvalue weighted by molar-refractivity contribution is -0.114. The van der Waals surface area contributed by atoms with Gasteiger partial charge in [0, 0.05) is 25.2 Å². The van der Waals surface area contributed by atoms with E-state index < -0.39 is 0 Å². The number of rotatable bonds is 6. The van der Waals surface area contributed by atoms with Crippen molar-refractivity contribution in [3.8, 4) is 11.1 Å². The Morgan fingerprint density at radius 1 is 0.926 bits per heavy atom. The Morgan fingerprint density at radius 3 is 2.30 bits per heavy atom. The minimum atomic E-state index is -0.0600. The Morgan fingerprint density at radius 2 is 1.59 bits per heavy atom. The number of hydrogen-bond acceptors (Lipinski definition) is 2. The van der Waals surface area contributed by atoms with Gasteiger partial charge in [0.05, 0.1) is 0 Å². The van der Waals surface area contributed by atoms with Crippen molar-refractivity contribution in [1.29, 1.82) is 0 Å². The maximum absolute atomic E-state index is 11.3. The fraction of sp³-hybridized carbons (Fsp3) is 0.208. The zero-order valence-electron chi connectivity index (χ0n) is 16.1. The van der Waals surface area contributed by atoms with E-state index in [0.29, 0.717) is 0 Å². The molecule has 0 saturated heterocycles. The summed E-state index contributed by atoms with van der Waals surface area (Å²) in [6, 6.07) is 25.4. The van der Waals surface area contributed by atoms with Crippen LogP contribution in [-0.4, -0.2) is 5.91 Å². The zero-order valence-corrected chi connectivity index (χ0v) is 16.1. The average molecular weight is 358 g/mol. The molecule has 3 aromatic rings. The Kier molecular flexibility index (Phi) is 6.05. The number of carbonyl (C=O) groups excluding carboxylic acids is 1. The van der Waals surface area contributed by atoms with E-state index in [9.17, 15) is 4.79 Å². The van der Waals surface area contributed by atoms with Crippen molar-refractivity contribution < 1.29 is 4.79 Å². The van der Waals surface area contributed by atoms with Gasteiger partial charge in [-0.25, -0.2) is 0 Å². The molecule has 27 heavy (non-hydrogen) atoms. The number of anilines is 1. The zero-order chi connectivity index (χ0) is 19.2. The van der Waals surface area contributed by atoms with Gasteiger partial charge >= 0.3 is 0 Å². The molecule has 2 N–H and O–H groups in total. The highest BCUT2D eigenvalue weighted by atomic mass is 16.1. The summed E-state index contributed by atoms with van der Waals surface area (Å²) >= 11 is 0. The summed E-state index contributed by atoms with van der Waals surface area (Å²) in [6.07, 6.45) is 0. The second kappa shape index (κ2) is 8.65. The Balaban J connectivity index is 1.70. The van der Waals surface area contributed by atoms with E-state index in [2.05, 4.69) is 79.1 Å².